The second-order valence-corrected chi connectivity index (χ2v) is 6.41. The minimum absolute atomic E-state index is 0.261. The fourth-order valence-electron chi connectivity index (χ4n) is 4.14. The van der Waals surface area contributed by atoms with Crippen molar-refractivity contribution in [2.24, 2.45) is 5.92 Å². The maximum atomic E-state index is 12.7. The summed E-state index contributed by atoms with van der Waals surface area (Å²) in [6, 6.07) is 1.11. The number of allylic oxidation sites excluding steroid dienone is 2. The van der Waals surface area contributed by atoms with Crippen LogP contribution in [0.1, 0.15) is 44.9 Å². The fourth-order valence-corrected chi connectivity index (χ4v) is 4.14. The van der Waals surface area contributed by atoms with Gasteiger partial charge in [0, 0.05) is 24.5 Å². The zero-order chi connectivity index (χ0) is 13.2. The molecule has 19 heavy (non-hydrogen) atoms. The van der Waals surface area contributed by atoms with Gasteiger partial charge in [-0.15, -0.1) is 0 Å². The minimum atomic E-state index is 0.261. The number of rotatable bonds is 2. The predicted molar refractivity (Wildman–Crippen MR) is 76.9 cm³/mol. The monoisotopic (exact) mass is 262 g/mol. The number of amides is 1. The van der Waals surface area contributed by atoms with Gasteiger partial charge in [-0.25, -0.2) is 0 Å². The Balaban J connectivity index is 1.68. The SMILES string of the molecule is CN1CCC[C@@H]1[C@H]1CCCN1C(=O)[C@@H]1CC=CCC1. The van der Waals surface area contributed by atoms with Crippen LogP contribution in [0.25, 0.3) is 0 Å². The molecule has 2 heterocycles. The van der Waals surface area contributed by atoms with Crippen LogP contribution in [0.5, 0.6) is 0 Å². The van der Waals surface area contributed by atoms with Gasteiger partial charge in [-0.05, 0) is 58.5 Å². The molecule has 0 aromatic rings. The molecule has 106 valence electrons. The van der Waals surface area contributed by atoms with Gasteiger partial charge >= 0.3 is 0 Å². The zero-order valence-electron chi connectivity index (χ0n) is 12.1. The van der Waals surface area contributed by atoms with E-state index in [-0.39, 0.29) is 5.92 Å². The van der Waals surface area contributed by atoms with Crippen LogP contribution < -0.4 is 0 Å². The smallest absolute Gasteiger partial charge is 0.226 e. The van der Waals surface area contributed by atoms with Gasteiger partial charge in [0.05, 0.1) is 0 Å². The highest BCUT2D eigenvalue weighted by Crippen LogP contribution is 2.31. The molecular weight excluding hydrogens is 236 g/mol. The number of carbonyl (C=O) groups excluding carboxylic acids is 1. The molecule has 1 aliphatic carbocycles. The molecule has 2 fully saturated rings. The van der Waals surface area contributed by atoms with Crippen LogP contribution in [-0.2, 0) is 4.79 Å². The Morgan fingerprint density at radius 3 is 2.53 bits per heavy atom. The maximum absolute atomic E-state index is 12.7. The van der Waals surface area contributed by atoms with Gasteiger partial charge in [0.15, 0.2) is 0 Å². The number of carbonyl (C=O) groups is 1. The summed E-state index contributed by atoms with van der Waals surface area (Å²) >= 11 is 0. The molecule has 0 saturated carbocycles. The predicted octanol–water partition coefficient (Wildman–Crippen LogP) is 2.43. The Labute approximate surface area is 116 Å². The van der Waals surface area contributed by atoms with Gasteiger partial charge in [0.25, 0.3) is 0 Å². The van der Waals surface area contributed by atoms with Crippen LogP contribution in [0.2, 0.25) is 0 Å². The van der Waals surface area contributed by atoms with E-state index in [0.717, 1.165) is 25.8 Å². The molecule has 3 heteroatoms. The van der Waals surface area contributed by atoms with Gasteiger partial charge in [0.2, 0.25) is 5.91 Å². The molecule has 1 amide bonds. The number of likely N-dealkylation sites (tertiary alicyclic amines) is 2. The van der Waals surface area contributed by atoms with Crippen LogP contribution in [0.3, 0.4) is 0 Å². The van der Waals surface area contributed by atoms with Gasteiger partial charge in [-0.2, -0.15) is 0 Å². The van der Waals surface area contributed by atoms with Crippen molar-refractivity contribution in [1.82, 2.24) is 9.80 Å². The first-order valence-electron chi connectivity index (χ1n) is 7.93. The standard InChI is InChI=1S/C16H26N2O/c1-17-11-5-9-14(17)15-10-6-12-18(15)16(19)13-7-3-2-4-8-13/h2-3,13-15H,4-12H2,1H3/t13-,14-,15-/m1/s1. The van der Waals surface area contributed by atoms with Crippen LogP contribution in [-0.4, -0.2) is 47.9 Å². The molecular formula is C16H26N2O. The lowest BCUT2D eigenvalue weighted by Crippen LogP contribution is -2.49. The lowest BCUT2D eigenvalue weighted by atomic mass is 9.92. The van der Waals surface area contributed by atoms with E-state index in [0.29, 0.717) is 18.0 Å². The molecule has 3 nitrogen and oxygen atoms in total. The van der Waals surface area contributed by atoms with Crippen LogP contribution in [0, 0.1) is 5.92 Å². The molecule has 0 unspecified atom stereocenters. The summed E-state index contributed by atoms with van der Waals surface area (Å²) in [5.74, 6) is 0.699. The largest absolute Gasteiger partial charge is 0.338 e. The van der Waals surface area contributed by atoms with Crippen molar-refractivity contribution in [2.75, 3.05) is 20.1 Å². The summed E-state index contributed by atoms with van der Waals surface area (Å²) in [7, 11) is 2.22. The van der Waals surface area contributed by atoms with Crippen molar-refractivity contribution in [3.63, 3.8) is 0 Å². The average molecular weight is 262 g/mol. The van der Waals surface area contributed by atoms with Crippen molar-refractivity contribution >= 4 is 5.91 Å². The molecule has 3 atom stereocenters. The molecule has 3 rings (SSSR count). The van der Waals surface area contributed by atoms with Crippen molar-refractivity contribution < 1.29 is 4.79 Å². The highest BCUT2D eigenvalue weighted by molar-refractivity contribution is 5.80. The molecule has 0 aromatic heterocycles. The van der Waals surface area contributed by atoms with Gasteiger partial charge < -0.3 is 9.80 Å². The fraction of sp³-hybridized carbons (Fsp3) is 0.812. The van der Waals surface area contributed by atoms with E-state index in [2.05, 4.69) is 29.0 Å². The average Bonchev–Trinajstić information content (AvgIpc) is 3.07. The van der Waals surface area contributed by atoms with E-state index in [9.17, 15) is 4.79 Å². The van der Waals surface area contributed by atoms with Crippen molar-refractivity contribution in [3.05, 3.63) is 12.2 Å². The highest BCUT2D eigenvalue weighted by atomic mass is 16.2. The molecule has 2 saturated heterocycles. The number of nitrogens with zero attached hydrogens (tertiary/aromatic N) is 2. The molecule has 0 radical (unpaired) electrons. The first-order valence-corrected chi connectivity index (χ1v) is 7.93. The normalized spacial score (nSPS) is 36.1. The van der Waals surface area contributed by atoms with E-state index >= 15 is 0 Å². The number of hydrogen-bond donors (Lipinski definition) is 0. The summed E-state index contributed by atoms with van der Waals surface area (Å²) in [6.07, 6.45) is 12.5. The second kappa shape index (κ2) is 5.66. The molecule has 2 aliphatic heterocycles. The number of hydrogen-bond acceptors (Lipinski definition) is 2. The summed E-state index contributed by atoms with van der Waals surface area (Å²) in [5, 5.41) is 0. The molecule has 3 aliphatic rings. The van der Waals surface area contributed by atoms with Crippen LogP contribution in [0.4, 0.5) is 0 Å². The lowest BCUT2D eigenvalue weighted by Gasteiger charge is -2.35. The Bertz CT molecular complexity index is 366. The van der Waals surface area contributed by atoms with E-state index in [1.54, 1.807) is 0 Å². The number of likely N-dealkylation sites (N-methyl/N-ethyl adjacent to an activating group) is 1. The zero-order valence-corrected chi connectivity index (χ0v) is 12.1. The maximum Gasteiger partial charge on any atom is 0.226 e. The van der Waals surface area contributed by atoms with E-state index in [1.807, 2.05) is 0 Å². The van der Waals surface area contributed by atoms with Gasteiger partial charge in [-0.3, -0.25) is 4.79 Å². The quantitative estimate of drug-likeness (QED) is 0.714. The third kappa shape index (κ3) is 2.58. The molecule has 0 bridgehead atoms. The van der Waals surface area contributed by atoms with Crippen LogP contribution >= 0.6 is 0 Å². The Kier molecular flexibility index (Phi) is 3.92. The van der Waals surface area contributed by atoms with E-state index < -0.39 is 0 Å². The summed E-state index contributed by atoms with van der Waals surface area (Å²) < 4.78 is 0. The first kappa shape index (κ1) is 13.2. The summed E-state index contributed by atoms with van der Waals surface area (Å²) in [4.78, 5) is 17.4. The Morgan fingerprint density at radius 1 is 1.05 bits per heavy atom. The van der Waals surface area contributed by atoms with Gasteiger partial charge in [-0.1, -0.05) is 12.2 Å². The molecule has 0 N–H and O–H groups in total. The molecule has 0 aromatic carbocycles. The topological polar surface area (TPSA) is 23.6 Å². The van der Waals surface area contributed by atoms with E-state index in [1.165, 1.54) is 32.2 Å². The first-order chi connectivity index (χ1) is 9.27. The highest BCUT2D eigenvalue weighted by Gasteiger charge is 2.39. The lowest BCUT2D eigenvalue weighted by molar-refractivity contribution is -0.137. The summed E-state index contributed by atoms with van der Waals surface area (Å²) in [5.41, 5.74) is 0. The van der Waals surface area contributed by atoms with Gasteiger partial charge in [0.1, 0.15) is 0 Å². The third-order valence-corrected chi connectivity index (χ3v) is 5.22. The van der Waals surface area contributed by atoms with Crippen LogP contribution in [0.15, 0.2) is 12.2 Å². The summed E-state index contributed by atoms with van der Waals surface area (Å²) in [6.45, 7) is 2.20. The van der Waals surface area contributed by atoms with E-state index in [4.69, 9.17) is 0 Å². The Hall–Kier alpha value is -0.830. The third-order valence-electron chi connectivity index (χ3n) is 5.22. The minimum Gasteiger partial charge on any atom is -0.338 e. The van der Waals surface area contributed by atoms with Crippen molar-refractivity contribution in [1.29, 1.82) is 0 Å². The Morgan fingerprint density at radius 2 is 1.84 bits per heavy atom. The van der Waals surface area contributed by atoms with Crippen molar-refractivity contribution in [2.45, 2.75) is 57.0 Å². The second-order valence-electron chi connectivity index (χ2n) is 6.41. The molecule has 0 spiro atoms. The van der Waals surface area contributed by atoms with Crippen molar-refractivity contribution in [3.8, 4) is 0 Å².